The lowest BCUT2D eigenvalue weighted by Gasteiger charge is -2.35. The first-order valence-electron chi connectivity index (χ1n) is 7.97. The van der Waals surface area contributed by atoms with Crippen molar-refractivity contribution in [2.24, 2.45) is 17.8 Å². The molecule has 4 nitrogen and oxygen atoms in total. The van der Waals surface area contributed by atoms with E-state index in [4.69, 9.17) is 0 Å². The largest absolute Gasteiger partial charge is 0.378 e. The monoisotopic (exact) mass is 286 g/mol. The number of carbonyl (C=O) groups excluding carboxylic acids is 1. The predicted molar refractivity (Wildman–Crippen MR) is 84.3 cm³/mol. The Balaban J connectivity index is 4.90. The van der Waals surface area contributed by atoms with E-state index in [-0.39, 0.29) is 11.8 Å². The van der Waals surface area contributed by atoms with Gasteiger partial charge in [-0.2, -0.15) is 0 Å². The van der Waals surface area contributed by atoms with E-state index in [0.29, 0.717) is 11.8 Å². The summed E-state index contributed by atoms with van der Waals surface area (Å²) in [7, 11) is 1.64. The Morgan fingerprint density at radius 3 is 2.00 bits per heavy atom. The predicted octanol–water partition coefficient (Wildman–Crippen LogP) is 2.47. The molecule has 4 heteroatoms. The first kappa shape index (κ1) is 19.4. The number of nitrogens with one attached hydrogen (secondary N) is 1. The van der Waals surface area contributed by atoms with Crippen LogP contribution in [0.4, 0.5) is 0 Å². The zero-order valence-corrected chi connectivity index (χ0v) is 14.1. The van der Waals surface area contributed by atoms with Gasteiger partial charge in [-0.05, 0) is 18.3 Å². The summed E-state index contributed by atoms with van der Waals surface area (Å²) in [5, 5.41) is 13.4. The van der Waals surface area contributed by atoms with Gasteiger partial charge in [-0.3, -0.25) is 9.69 Å². The molecule has 0 bridgehead atoms. The molecule has 0 aromatic heterocycles. The van der Waals surface area contributed by atoms with E-state index in [1.807, 2.05) is 0 Å². The lowest BCUT2D eigenvalue weighted by atomic mass is 9.97. The fourth-order valence-electron chi connectivity index (χ4n) is 2.51. The van der Waals surface area contributed by atoms with Crippen LogP contribution in [0.25, 0.3) is 0 Å². The molecule has 0 aliphatic carbocycles. The van der Waals surface area contributed by atoms with Crippen LogP contribution < -0.4 is 5.32 Å². The highest BCUT2D eigenvalue weighted by molar-refractivity contribution is 5.78. The molecule has 2 unspecified atom stereocenters. The van der Waals surface area contributed by atoms with Crippen LogP contribution in [-0.4, -0.2) is 42.3 Å². The lowest BCUT2D eigenvalue weighted by Crippen LogP contribution is -2.48. The molecular weight excluding hydrogens is 252 g/mol. The molecule has 0 aromatic rings. The molecule has 0 heterocycles. The molecule has 0 aliphatic rings. The zero-order valence-electron chi connectivity index (χ0n) is 14.1. The number of carbonyl (C=O) groups is 1. The van der Waals surface area contributed by atoms with Crippen molar-refractivity contribution in [1.29, 1.82) is 0 Å². The number of aliphatic hydroxyl groups is 1. The minimum absolute atomic E-state index is 0.0523. The number of hydrogen-bond donors (Lipinski definition) is 2. The van der Waals surface area contributed by atoms with Crippen molar-refractivity contribution >= 4 is 5.91 Å². The van der Waals surface area contributed by atoms with Gasteiger partial charge in [0.15, 0.2) is 0 Å². The van der Waals surface area contributed by atoms with Crippen LogP contribution in [0.15, 0.2) is 0 Å². The molecule has 0 rings (SSSR count). The normalized spacial score (nSPS) is 14.9. The molecule has 0 aromatic carbocycles. The van der Waals surface area contributed by atoms with E-state index < -0.39 is 6.23 Å². The average molecular weight is 286 g/mol. The molecule has 0 spiro atoms. The van der Waals surface area contributed by atoms with E-state index in [0.717, 1.165) is 32.4 Å². The first-order chi connectivity index (χ1) is 9.33. The molecule has 20 heavy (non-hydrogen) atoms. The van der Waals surface area contributed by atoms with Gasteiger partial charge < -0.3 is 10.4 Å². The van der Waals surface area contributed by atoms with Crippen molar-refractivity contribution in [1.82, 2.24) is 10.2 Å². The second kappa shape index (κ2) is 10.2. The van der Waals surface area contributed by atoms with E-state index in [1.54, 1.807) is 7.05 Å². The SMILES string of the molecule is CCCCC(C(=O)NC)C(O)N(CC(C)C)CC(C)C. The summed E-state index contributed by atoms with van der Waals surface area (Å²) in [4.78, 5) is 14.1. The molecule has 0 saturated heterocycles. The van der Waals surface area contributed by atoms with Crippen LogP contribution in [0.2, 0.25) is 0 Å². The van der Waals surface area contributed by atoms with Crippen LogP contribution in [-0.2, 0) is 4.79 Å². The van der Waals surface area contributed by atoms with Gasteiger partial charge in [-0.25, -0.2) is 0 Å². The van der Waals surface area contributed by atoms with Gasteiger partial charge in [-0.1, -0.05) is 47.5 Å². The van der Waals surface area contributed by atoms with Crippen LogP contribution in [0.3, 0.4) is 0 Å². The third-order valence-corrected chi connectivity index (χ3v) is 3.39. The average Bonchev–Trinajstić information content (AvgIpc) is 2.36. The molecule has 0 aliphatic heterocycles. The van der Waals surface area contributed by atoms with E-state index in [2.05, 4.69) is 44.8 Å². The lowest BCUT2D eigenvalue weighted by molar-refractivity contribution is -0.136. The highest BCUT2D eigenvalue weighted by Crippen LogP contribution is 2.19. The maximum Gasteiger partial charge on any atom is 0.226 e. The Morgan fingerprint density at radius 2 is 1.65 bits per heavy atom. The van der Waals surface area contributed by atoms with Gasteiger partial charge in [0, 0.05) is 20.1 Å². The zero-order chi connectivity index (χ0) is 15.7. The number of unbranched alkanes of at least 4 members (excludes halogenated alkanes) is 1. The Labute approximate surface area is 124 Å². The van der Waals surface area contributed by atoms with Crippen molar-refractivity contribution in [2.45, 2.75) is 60.1 Å². The number of hydrogen-bond acceptors (Lipinski definition) is 3. The minimum Gasteiger partial charge on any atom is -0.378 e. The van der Waals surface area contributed by atoms with E-state index in [1.165, 1.54) is 0 Å². The minimum atomic E-state index is -0.689. The van der Waals surface area contributed by atoms with Crippen molar-refractivity contribution < 1.29 is 9.90 Å². The molecule has 0 radical (unpaired) electrons. The first-order valence-corrected chi connectivity index (χ1v) is 7.97. The fraction of sp³-hybridized carbons (Fsp3) is 0.938. The standard InChI is InChI=1S/C16H34N2O2/c1-7-8-9-14(15(19)17-6)16(20)18(10-12(2)3)11-13(4)5/h12-14,16,20H,7-11H2,1-6H3,(H,17,19). The molecule has 0 fully saturated rings. The molecule has 0 saturated carbocycles. The Kier molecular flexibility index (Phi) is 9.86. The van der Waals surface area contributed by atoms with Gasteiger partial charge in [0.1, 0.15) is 6.23 Å². The van der Waals surface area contributed by atoms with Gasteiger partial charge in [0.25, 0.3) is 0 Å². The Bertz CT molecular complexity index is 257. The quantitative estimate of drug-likeness (QED) is 0.607. The molecule has 120 valence electrons. The third kappa shape index (κ3) is 7.25. The smallest absolute Gasteiger partial charge is 0.226 e. The maximum absolute atomic E-state index is 12.0. The van der Waals surface area contributed by atoms with E-state index >= 15 is 0 Å². The number of amides is 1. The van der Waals surface area contributed by atoms with Crippen molar-refractivity contribution in [3.05, 3.63) is 0 Å². The van der Waals surface area contributed by atoms with Crippen molar-refractivity contribution in [3.63, 3.8) is 0 Å². The molecule has 2 atom stereocenters. The van der Waals surface area contributed by atoms with Gasteiger partial charge in [-0.15, -0.1) is 0 Å². The van der Waals surface area contributed by atoms with Crippen LogP contribution in [0, 0.1) is 17.8 Å². The summed E-state index contributed by atoms with van der Waals surface area (Å²) in [6, 6.07) is 0. The Morgan fingerprint density at radius 1 is 1.15 bits per heavy atom. The molecule has 2 N–H and O–H groups in total. The summed E-state index contributed by atoms with van der Waals surface area (Å²) in [5.74, 6) is 0.556. The number of aliphatic hydroxyl groups excluding tert-OH is 1. The summed E-state index contributed by atoms with van der Waals surface area (Å²) in [6.45, 7) is 12.3. The van der Waals surface area contributed by atoms with Crippen LogP contribution in [0.1, 0.15) is 53.9 Å². The van der Waals surface area contributed by atoms with Crippen LogP contribution in [0.5, 0.6) is 0 Å². The second-order valence-corrected chi connectivity index (χ2v) is 6.52. The molecule has 1 amide bonds. The highest BCUT2D eigenvalue weighted by Gasteiger charge is 2.30. The van der Waals surface area contributed by atoms with Gasteiger partial charge >= 0.3 is 0 Å². The number of nitrogens with zero attached hydrogens (tertiary/aromatic N) is 1. The summed E-state index contributed by atoms with van der Waals surface area (Å²) in [5.41, 5.74) is 0. The highest BCUT2D eigenvalue weighted by atomic mass is 16.3. The van der Waals surface area contributed by atoms with Gasteiger partial charge in [0.2, 0.25) is 5.91 Å². The Hall–Kier alpha value is -0.610. The third-order valence-electron chi connectivity index (χ3n) is 3.39. The number of rotatable bonds is 10. The van der Waals surface area contributed by atoms with E-state index in [9.17, 15) is 9.90 Å². The maximum atomic E-state index is 12.0. The second-order valence-electron chi connectivity index (χ2n) is 6.52. The summed E-state index contributed by atoms with van der Waals surface area (Å²) in [6.07, 6.45) is 2.05. The van der Waals surface area contributed by atoms with Crippen LogP contribution >= 0.6 is 0 Å². The van der Waals surface area contributed by atoms with Crippen molar-refractivity contribution in [3.8, 4) is 0 Å². The fourth-order valence-corrected chi connectivity index (χ4v) is 2.51. The topological polar surface area (TPSA) is 52.6 Å². The van der Waals surface area contributed by atoms with Crippen molar-refractivity contribution in [2.75, 3.05) is 20.1 Å². The molecular formula is C16H34N2O2. The van der Waals surface area contributed by atoms with Gasteiger partial charge in [0.05, 0.1) is 5.92 Å². The summed E-state index contributed by atoms with van der Waals surface area (Å²) < 4.78 is 0. The summed E-state index contributed by atoms with van der Waals surface area (Å²) >= 11 is 0.